The lowest BCUT2D eigenvalue weighted by molar-refractivity contribution is -0.143. The molecule has 0 radical (unpaired) electrons. The molecule has 2 atom stereocenters. The molecule has 0 aromatic carbocycles. The summed E-state index contributed by atoms with van der Waals surface area (Å²) in [7, 11) is 0. The van der Waals surface area contributed by atoms with E-state index in [-0.39, 0.29) is 18.5 Å². The Kier molecular flexibility index (Phi) is 53.5. The van der Waals surface area contributed by atoms with Gasteiger partial charge in [-0.05, 0) is 57.8 Å². The van der Waals surface area contributed by atoms with Gasteiger partial charge in [-0.3, -0.25) is 9.59 Å². The number of hydrogen-bond donors (Lipinski definition) is 3. The molecule has 0 spiro atoms. The van der Waals surface area contributed by atoms with E-state index < -0.39 is 12.1 Å². The minimum absolute atomic E-state index is 0.00128. The highest BCUT2D eigenvalue weighted by molar-refractivity contribution is 5.76. The van der Waals surface area contributed by atoms with Crippen LogP contribution in [-0.2, 0) is 14.3 Å². The molecule has 0 bridgehead atoms. The van der Waals surface area contributed by atoms with Gasteiger partial charge in [-0.2, -0.15) is 0 Å². The van der Waals surface area contributed by atoms with Crippen molar-refractivity contribution in [2.75, 3.05) is 13.2 Å². The minimum atomic E-state index is -0.851. The molecule has 0 fully saturated rings. The van der Waals surface area contributed by atoms with Crippen LogP contribution in [0.3, 0.4) is 0 Å². The van der Waals surface area contributed by atoms with Crippen molar-refractivity contribution in [2.45, 2.75) is 328 Å². The Balaban J connectivity index is 3.45. The van der Waals surface area contributed by atoms with Crippen molar-refractivity contribution in [1.82, 2.24) is 5.32 Å². The van der Waals surface area contributed by atoms with Crippen molar-refractivity contribution < 1.29 is 24.5 Å². The van der Waals surface area contributed by atoms with Gasteiger partial charge in [0.2, 0.25) is 5.91 Å². The van der Waals surface area contributed by atoms with Crippen LogP contribution in [0.25, 0.3) is 0 Å². The third-order valence-electron chi connectivity index (χ3n) is 13.5. The van der Waals surface area contributed by atoms with E-state index >= 15 is 0 Å². The van der Waals surface area contributed by atoms with E-state index in [1.54, 1.807) is 6.08 Å². The van der Waals surface area contributed by atoms with Gasteiger partial charge in [0.05, 0.1) is 25.4 Å². The number of allylic oxidation sites excluding steroid dienone is 3. The number of unbranched alkanes of at least 4 members (excludes halogenated alkanes) is 41. The molecule has 0 aliphatic rings. The Bertz CT molecular complexity index is 1010. The van der Waals surface area contributed by atoms with Crippen LogP contribution in [-0.4, -0.2) is 47.4 Å². The maximum atomic E-state index is 12.4. The smallest absolute Gasteiger partial charge is 0.305 e. The van der Waals surface area contributed by atoms with Gasteiger partial charge in [0, 0.05) is 12.8 Å². The maximum absolute atomic E-state index is 12.4. The molecule has 0 aromatic heterocycles. The average molecular weight is 917 g/mol. The van der Waals surface area contributed by atoms with Gasteiger partial charge in [0.25, 0.3) is 0 Å². The first kappa shape index (κ1) is 63.3. The van der Waals surface area contributed by atoms with Crippen LogP contribution >= 0.6 is 0 Å². The number of aliphatic hydroxyl groups is 2. The number of amides is 1. The Morgan fingerprint density at radius 3 is 1.09 bits per heavy atom. The standard InChI is InChI=1S/C59H113NO5/c1-3-5-7-9-11-13-15-17-19-21-25-29-33-37-41-45-49-53-59(64)65-54-50-46-42-38-34-30-26-23-20-22-24-28-32-36-40-44-48-52-58(63)60-56(55-61)57(62)51-47-43-39-35-31-27-18-16-14-12-10-8-6-4-2/h20,23,47,51,56-57,61-62H,3-19,21-22,24-46,48-50,52-55H2,1-2H3,(H,60,63)/b23-20-,51-47+. The summed E-state index contributed by atoms with van der Waals surface area (Å²) in [6.07, 6.45) is 66.3. The van der Waals surface area contributed by atoms with E-state index in [4.69, 9.17) is 4.74 Å². The zero-order valence-electron chi connectivity index (χ0n) is 43.7. The zero-order chi connectivity index (χ0) is 47.2. The molecule has 6 heteroatoms. The molecular formula is C59H113NO5. The van der Waals surface area contributed by atoms with E-state index in [0.717, 1.165) is 57.8 Å². The topological polar surface area (TPSA) is 95.9 Å². The molecule has 0 rings (SSSR count). The van der Waals surface area contributed by atoms with Crippen molar-refractivity contribution in [3.8, 4) is 0 Å². The van der Waals surface area contributed by atoms with Gasteiger partial charge in [-0.25, -0.2) is 0 Å². The fourth-order valence-electron chi connectivity index (χ4n) is 8.98. The molecule has 0 saturated carbocycles. The van der Waals surface area contributed by atoms with Gasteiger partial charge in [-0.15, -0.1) is 0 Å². The van der Waals surface area contributed by atoms with Gasteiger partial charge < -0.3 is 20.3 Å². The molecular weight excluding hydrogens is 803 g/mol. The van der Waals surface area contributed by atoms with Crippen LogP contribution in [0.15, 0.2) is 24.3 Å². The quantitative estimate of drug-likeness (QED) is 0.0321. The fraction of sp³-hybridized carbons (Fsp3) is 0.898. The lowest BCUT2D eigenvalue weighted by atomic mass is 10.0. The van der Waals surface area contributed by atoms with E-state index in [2.05, 4.69) is 31.3 Å². The number of aliphatic hydroxyl groups excluding tert-OH is 2. The fourth-order valence-corrected chi connectivity index (χ4v) is 8.98. The summed E-state index contributed by atoms with van der Waals surface area (Å²) in [5.41, 5.74) is 0. The van der Waals surface area contributed by atoms with Crippen LogP contribution < -0.4 is 5.32 Å². The molecule has 65 heavy (non-hydrogen) atoms. The number of rotatable bonds is 54. The number of carbonyl (C=O) groups is 2. The highest BCUT2D eigenvalue weighted by Crippen LogP contribution is 2.17. The molecule has 1 amide bonds. The molecule has 0 saturated heterocycles. The Morgan fingerprint density at radius 1 is 0.415 bits per heavy atom. The first-order valence-corrected chi connectivity index (χ1v) is 29.1. The molecule has 3 N–H and O–H groups in total. The Labute approximate surface area is 405 Å². The number of esters is 1. The van der Waals surface area contributed by atoms with Crippen molar-refractivity contribution in [2.24, 2.45) is 0 Å². The normalized spacial score (nSPS) is 12.7. The minimum Gasteiger partial charge on any atom is -0.466 e. The third kappa shape index (κ3) is 51.6. The van der Waals surface area contributed by atoms with Gasteiger partial charge in [0.15, 0.2) is 0 Å². The largest absolute Gasteiger partial charge is 0.466 e. The molecule has 0 aliphatic heterocycles. The van der Waals surface area contributed by atoms with E-state index in [0.29, 0.717) is 19.4 Å². The number of ether oxygens (including phenoxy) is 1. The predicted molar refractivity (Wildman–Crippen MR) is 283 cm³/mol. The predicted octanol–water partition coefficient (Wildman–Crippen LogP) is 17.9. The second-order valence-electron chi connectivity index (χ2n) is 20.0. The summed E-state index contributed by atoms with van der Waals surface area (Å²) >= 11 is 0. The number of carbonyl (C=O) groups excluding carboxylic acids is 2. The second kappa shape index (κ2) is 54.9. The molecule has 0 heterocycles. The van der Waals surface area contributed by atoms with Gasteiger partial charge in [0.1, 0.15) is 0 Å². The average Bonchev–Trinajstić information content (AvgIpc) is 3.31. The van der Waals surface area contributed by atoms with Crippen LogP contribution in [0.5, 0.6) is 0 Å². The van der Waals surface area contributed by atoms with Gasteiger partial charge in [-0.1, -0.05) is 269 Å². The highest BCUT2D eigenvalue weighted by atomic mass is 16.5. The molecule has 384 valence electrons. The third-order valence-corrected chi connectivity index (χ3v) is 13.5. The van der Waals surface area contributed by atoms with E-state index in [1.165, 1.54) is 231 Å². The molecule has 2 unspecified atom stereocenters. The first-order chi connectivity index (χ1) is 32.0. The van der Waals surface area contributed by atoms with Crippen LogP contribution in [0.2, 0.25) is 0 Å². The van der Waals surface area contributed by atoms with E-state index in [9.17, 15) is 19.8 Å². The summed E-state index contributed by atoms with van der Waals surface area (Å²) in [6, 6.07) is -0.636. The second-order valence-corrected chi connectivity index (χ2v) is 20.0. The Morgan fingerprint density at radius 2 is 0.723 bits per heavy atom. The van der Waals surface area contributed by atoms with Crippen molar-refractivity contribution in [3.63, 3.8) is 0 Å². The SMILES string of the molecule is CCCCCCCCCCCCCC/C=C/C(O)C(CO)NC(=O)CCCCCCCCC/C=C\CCCCCCCCOC(=O)CCCCCCCCCCCCCCCCCCC. The first-order valence-electron chi connectivity index (χ1n) is 29.1. The van der Waals surface area contributed by atoms with Crippen molar-refractivity contribution in [1.29, 1.82) is 0 Å². The lowest BCUT2D eigenvalue weighted by Crippen LogP contribution is -2.45. The van der Waals surface area contributed by atoms with Crippen LogP contribution in [0.4, 0.5) is 0 Å². The zero-order valence-corrected chi connectivity index (χ0v) is 43.7. The van der Waals surface area contributed by atoms with Crippen molar-refractivity contribution in [3.05, 3.63) is 24.3 Å². The lowest BCUT2D eigenvalue weighted by Gasteiger charge is -2.20. The summed E-state index contributed by atoms with van der Waals surface area (Å²) in [4.78, 5) is 24.5. The number of hydrogen-bond acceptors (Lipinski definition) is 5. The highest BCUT2D eigenvalue weighted by Gasteiger charge is 2.18. The summed E-state index contributed by atoms with van der Waals surface area (Å²) in [6.45, 7) is 4.90. The van der Waals surface area contributed by atoms with Crippen LogP contribution in [0.1, 0.15) is 316 Å². The van der Waals surface area contributed by atoms with Crippen LogP contribution in [0, 0.1) is 0 Å². The van der Waals surface area contributed by atoms with E-state index in [1.807, 2.05) is 6.08 Å². The monoisotopic (exact) mass is 916 g/mol. The van der Waals surface area contributed by atoms with Gasteiger partial charge >= 0.3 is 5.97 Å². The summed E-state index contributed by atoms with van der Waals surface area (Å²) < 4.78 is 5.48. The number of nitrogens with one attached hydrogen (secondary N) is 1. The molecule has 0 aromatic rings. The summed E-state index contributed by atoms with van der Waals surface area (Å²) in [5, 5.41) is 23.1. The summed E-state index contributed by atoms with van der Waals surface area (Å²) in [5.74, 6) is -0.0779. The molecule has 0 aliphatic carbocycles. The molecule has 6 nitrogen and oxygen atoms in total. The maximum Gasteiger partial charge on any atom is 0.305 e. The van der Waals surface area contributed by atoms with Crippen molar-refractivity contribution >= 4 is 11.9 Å². The Hall–Kier alpha value is -1.66.